The Morgan fingerprint density at radius 3 is 2.65 bits per heavy atom. The van der Waals surface area contributed by atoms with Gasteiger partial charge in [-0.15, -0.1) is 0 Å². The molecule has 0 radical (unpaired) electrons. The highest BCUT2D eigenvalue weighted by Gasteiger charge is 2.35. The molecule has 3 rings (SSSR count). The van der Waals surface area contributed by atoms with E-state index in [1.54, 1.807) is 18.2 Å². The molecule has 1 N–H and O–H groups in total. The summed E-state index contributed by atoms with van der Waals surface area (Å²) in [6.45, 7) is 0.253. The van der Waals surface area contributed by atoms with Crippen molar-refractivity contribution in [2.75, 3.05) is 24.6 Å². The first kappa shape index (κ1) is 15.4. The van der Waals surface area contributed by atoms with E-state index in [0.29, 0.717) is 0 Å². The van der Waals surface area contributed by atoms with Gasteiger partial charge in [-0.1, -0.05) is 28.2 Å². The third-order valence-electron chi connectivity index (χ3n) is 3.51. The molecule has 1 fully saturated rings. The van der Waals surface area contributed by atoms with Crippen LogP contribution in [-0.4, -0.2) is 38.5 Å². The zero-order valence-corrected chi connectivity index (χ0v) is 12.8. The molecule has 0 bridgehead atoms. The number of hydrogen-bond acceptors (Lipinski definition) is 7. The van der Waals surface area contributed by atoms with Crippen molar-refractivity contribution in [3.05, 3.63) is 47.0 Å². The average molecular weight is 338 g/mol. The smallest absolute Gasteiger partial charge is 0.286 e. The van der Waals surface area contributed by atoms with Gasteiger partial charge in [0.05, 0.1) is 4.90 Å². The third-order valence-corrected chi connectivity index (χ3v) is 5.39. The lowest BCUT2D eigenvalue weighted by atomic mass is 10.3. The highest BCUT2D eigenvalue weighted by atomic mass is 32.2. The Morgan fingerprint density at radius 2 is 2.04 bits per heavy atom. The van der Waals surface area contributed by atoms with Crippen LogP contribution in [0.4, 0.5) is 0 Å². The number of aromatic nitrogens is 2. The molecule has 1 atom stereocenters. The molecule has 1 aromatic heterocycles. The molecule has 2 heterocycles. The summed E-state index contributed by atoms with van der Waals surface area (Å²) < 4.78 is 31.0. The minimum Gasteiger partial charge on any atom is -0.380 e. The minimum atomic E-state index is -3.69. The second kappa shape index (κ2) is 5.93. The van der Waals surface area contributed by atoms with Crippen LogP contribution in [0.15, 0.2) is 51.1 Å². The van der Waals surface area contributed by atoms with Crippen LogP contribution in [0.1, 0.15) is 0 Å². The summed E-state index contributed by atoms with van der Waals surface area (Å²) >= 11 is 0. The molecule has 0 aliphatic carbocycles. The Balaban J connectivity index is 1.84. The molecular formula is C12H14N6O4S. The monoisotopic (exact) mass is 338 g/mol. The molecule has 1 aliphatic rings. The van der Waals surface area contributed by atoms with Gasteiger partial charge < -0.3 is 4.52 Å². The van der Waals surface area contributed by atoms with Crippen LogP contribution in [0.25, 0.3) is 0 Å². The van der Waals surface area contributed by atoms with Crippen LogP contribution >= 0.6 is 0 Å². The van der Waals surface area contributed by atoms with Gasteiger partial charge in [0.2, 0.25) is 10.0 Å². The average Bonchev–Trinajstić information content (AvgIpc) is 3.01. The van der Waals surface area contributed by atoms with Gasteiger partial charge in [0, 0.05) is 19.6 Å². The summed E-state index contributed by atoms with van der Waals surface area (Å²) in [5.74, 6) is 0. The summed E-state index contributed by atoms with van der Waals surface area (Å²) in [4.78, 5) is 12.5. The minimum absolute atomic E-state index is 0.103. The molecule has 1 aliphatic heterocycles. The summed E-state index contributed by atoms with van der Waals surface area (Å²) in [6, 6.07) is 8.01. The summed E-state index contributed by atoms with van der Waals surface area (Å²) in [7, 11) is -3.69. The number of sulfonamides is 1. The quantitative estimate of drug-likeness (QED) is 0.548. The van der Waals surface area contributed by atoms with Gasteiger partial charge in [-0.3, -0.25) is 5.41 Å². The van der Waals surface area contributed by atoms with Gasteiger partial charge >= 0.3 is 0 Å². The van der Waals surface area contributed by atoms with Crippen molar-refractivity contribution in [2.24, 2.45) is 5.18 Å². The zero-order chi connectivity index (χ0) is 16.4. The molecule has 10 nitrogen and oxygen atoms in total. The lowest BCUT2D eigenvalue weighted by Crippen LogP contribution is -2.70. The first-order chi connectivity index (χ1) is 11.0. The highest BCUT2D eigenvalue weighted by molar-refractivity contribution is 7.89. The van der Waals surface area contributed by atoms with Gasteiger partial charge in [0.1, 0.15) is 0 Å². The standard InChI is InChI=1S/C12H14N6O4S/c13-11-8-18(15-22-11)17-7-6-16(9-12(17)14-19)23(20,21)10-4-2-1-3-5-10/h1-5,8,12-13H,6-7,9H2. The van der Waals surface area contributed by atoms with Crippen molar-refractivity contribution in [3.8, 4) is 0 Å². The third kappa shape index (κ3) is 2.87. The van der Waals surface area contributed by atoms with Crippen LogP contribution < -0.4 is 20.6 Å². The van der Waals surface area contributed by atoms with Crippen LogP contribution in [-0.2, 0) is 10.0 Å². The van der Waals surface area contributed by atoms with Crippen molar-refractivity contribution >= 4 is 10.0 Å². The fraction of sp³-hybridized carbons (Fsp3) is 0.333. The first-order valence-electron chi connectivity index (χ1n) is 6.77. The molecule has 1 unspecified atom stereocenters. The maximum atomic E-state index is 12.6. The van der Waals surface area contributed by atoms with Crippen molar-refractivity contribution in [1.29, 1.82) is 5.41 Å². The number of benzene rings is 1. The van der Waals surface area contributed by atoms with E-state index in [9.17, 15) is 13.3 Å². The maximum absolute atomic E-state index is 12.6. The molecule has 2 aromatic rings. The molecule has 23 heavy (non-hydrogen) atoms. The van der Waals surface area contributed by atoms with E-state index < -0.39 is 16.2 Å². The second-order valence-corrected chi connectivity index (χ2v) is 6.85. The van der Waals surface area contributed by atoms with E-state index in [2.05, 4.69) is 15.0 Å². The summed E-state index contributed by atoms with van der Waals surface area (Å²) in [6.07, 6.45) is 0.316. The number of rotatable bonds is 4. The second-order valence-electron chi connectivity index (χ2n) is 4.91. The molecule has 0 saturated carbocycles. The normalized spacial score (nSPS) is 19.7. The van der Waals surface area contributed by atoms with Gasteiger partial charge in [0.15, 0.2) is 6.17 Å². The van der Waals surface area contributed by atoms with Crippen LogP contribution in [0, 0.1) is 10.3 Å². The van der Waals surface area contributed by atoms with Crippen molar-refractivity contribution in [2.45, 2.75) is 11.1 Å². The van der Waals surface area contributed by atoms with Gasteiger partial charge in [-0.25, -0.2) is 13.4 Å². The van der Waals surface area contributed by atoms with Crippen LogP contribution in [0.3, 0.4) is 0 Å². The van der Waals surface area contributed by atoms with E-state index in [1.165, 1.54) is 32.4 Å². The zero-order valence-electron chi connectivity index (χ0n) is 11.9. The van der Waals surface area contributed by atoms with E-state index in [-0.39, 0.29) is 30.1 Å². The fourth-order valence-electron chi connectivity index (χ4n) is 2.38. The Labute approximate surface area is 131 Å². The van der Waals surface area contributed by atoms with Crippen LogP contribution in [0.2, 0.25) is 0 Å². The number of piperazine rings is 1. The molecule has 1 saturated heterocycles. The number of nitrogens with zero attached hydrogens (tertiary/aromatic N) is 5. The Morgan fingerprint density at radius 1 is 1.30 bits per heavy atom. The number of hydrogen-bond donors (Lipinski definition) is 1. The van der Waals surface area contributed by atoms with Crippen molar-refractivity contribution in [1.82, 2.24) is 9.58 Å². The van der Waals surface area contributed by atoms with Crippen LogP contribution in [0.5, 0.6) is 0 Å². The molecule has 11 heteroatoms. The predicted molar refractivity (Wildman–Crippen MR) is 75.9 cm³/mol. The molecule has 0 amide bonds. The van der Waals surface area contributed by atoms with Crippen molar-refractivity contribution in [3.63, 3.8) is 0 Å². The van der Waals surface area contributed by atoms with E-state index in [4.69, 9.17) is 5.41 Å². The SMILES string of the molecule is N=c1c[n+](N2CCN(S(=O)(=O)c3ccccc3)CC2N=O)[n-]o1. The van der Waals surface area contributed by atoms with E-state index in [1.807, 2.05) is 0 Å². The molecule has 122 valence electrons. The maximum Gasteiger partial charge on any atom is 0.286 e. The van der Waals surface area contributed by atoms with Crippen molar-refractivity contribution < 1.29 is 17.7 Å². The van der Waals surface area contributed by atoms with Gasteiger partial charge in [-0.05, 0) is 17.4 Å². The highest BCUT2D eigenvalue weighted by Crippen LogP contribution is 2.18. The molecule has 1 aromatic carbocycles. The Kier molecular flexibility index (Phi) is 3.96. The molecule has 0 spiro atoms. The lowest BCUT2D eigenvalue weighted by Gasteiger charge is -2.37. The topological polar surface area (TPSA) is 125 Å². The Hall–Kier alpha value is -2.53. The largest absolute Gasteiger partial charge is 0.380 e. The summed E-state index contributed by atoms with van der Waals surface area (Å²) in [5.41, 5.74) is -0.172. The number of nitrogens with one attached hydrogen (secondary N) is 1. The fourth-order valence-corrected chi connectivity index (χ4v) is 3.83. The van der Waals surface area contributed by atoms with Gasteiger partial charge in [-0.2, -0.15) is 9.21 Å². The summed E-state index contributed by atoms with van der Waals surface area (Å²) in [5, 5.41) is 15.3. The van der Waals surface area contributed by atoms with Gasteiger partial charge in [0.25, 0.3) is 11.8 Å². The first-order valence-corrected chi connectivity index (χ1v) is 8.21. The van der Waals surface area contributed by atoms with E-state index in [0.717, 1.165) is 0 Å². The predicted octanol–water partition coefficient (Wildman–Crippen LogP) is -1.26. The lowest BCUT2D eigenvalue weighted by molar-refractivity contribution is -0.767. The Bertz CT molecular complexity index is 846. The van der Waals surface area contributed by atoms with E-state index >= 15 is 0 Å². The number of nitroso groups, excluding NO2 is 1. The molecular weight excluding hydrogens is 324 g/mol.